The van der Waals surface area contributed by atoms with Gasteiger partial charge in [-0.2, -0.15) is 5.10 Å². The van der Waals surface area contributed by atoms with E-state index in [1.54, 1.807) is 6.20 Å². The minimum atomic E-state index is 0.0944. The zero-order valence-electron chi connectivity index (χ0n) is 13.4. The Morgan fingerprint density at radius 3 is 2.50 bits per heavy atom. The van der Waals surface area contributed by atoms with Crippen molar-refractivity contribution in [3.8, 4) is 0 Å². The highest BCUT2D eigenvalue weighted by molar-refractivity contribution is 6.31. The van der Waals surface area contributed by atoms with Crippen molar-refractivity contribution in [2.45, 2.75) is 63.8 Å². The van der Waals surface area contributed by atoms with Crippen LogP contribution in [0.25, 0.3) is 0 Å². The van der Waals surface area contributed by atoms with E-state index in [-0.39, 0.29) is 12.0 Å². The topological polar surface area (TPSA) is 38.1 Å². The van der Waals surface area contributed by atoms with Crippen molar-refractivity contribution in [1.29, 1.82) is 0 Å². The summed E-state index contributed by atoms with van der Waals surface area (Å²) in [7, 11) is 1.93. The first-order valence-corrected chi connectivity index (χ1v) is 9.04. The van der Waals surface area contributed by atoms with Gasteiger partial charge in [0.25, 0.3) is 0 Å². The second-order valence-electron chi connectivity index (χ2n) is 6.73. The third kappa shape index (κ3) is 3.17. The summed E-state index contributed by atoms with van der Waals surface area (Å²) < 4.78 is 1.85. The highest BCUT2D eigenvalue weighted by Gasteiger charge is 2.34. The molecule has 122 valence electrons. The number of carbonyl (C=O) groups is 1. The minimum Gasteiger partial charge on any atom is -0.334 e. The summed E-state index contributed by atoms with van der Waals surface area (Å²) in [4.78, 5) is 15.2. The number of rotatable bonds is 2. The Labute approximate surface area is 137 Å². The normalized spacial score (nSPS) is 24.3. The van der Waals surface area contributed by atoms with Crippen molar-refractivity contribution < 1.29 is 4.79 Å². The van der Waals surface area contributed by atoms with Gasteiger partial charge in [-0.05, 0) is 25.7 Å². The molecule has 2 heterocycles. The Morgan fingerprint density at radius 1 is 1.14 bits per heavy atom. The van der Waals surface area contributed by atoms with Crippen molar-refractivity contribution in [1.82, 2.24) is 14.7 Å². The van der Waals surface area contributed by atoms with Gasteiger partial charge >= 0.3 is 0 Å². The van der Waals surface area contributed by atoms with E-state index in [0.717, 1.165) is 44.3 Å². The molecule has 0 aromatic carbocycles. The highest BCUT2D eigenvalue weighted by Crippen LogP contribution is 2.36. The summed E-state index contributed by atoms with van der Waals surface area (Å²) in [5.41, 5.74) is 1.01. The fraction of sp³-hybridized carbons (Fsp3) is 0.765. The van der Waals surface area contributed by atoms with Crippen LogP contribution in [-0.2, 0) is 11.8 Å². The summed E-state index contributed by atoms with van der Waals surface area (Å²) in [5, 5.41) is 4.97. The Hall–Kier alpha value is -1.03. The van der Waals surface area contributed by atoms with E-state index >= 15 is 0 Å². The van der Waals surface area contributed by atoms with Crippen LogP contribution in [0.5, 0.6) is 0 Å². The lowest BCUT2D eigenvalue weighted by Crippen LogP contribution is -2.40. The smallest absolute Gasteiger partial charge is 0.226 e. The quantitative estimate of drug-likeness (QED) is 0.822. The molecule has 0 bridgehead atoms. The third-order valence-corrected chi connectivity index (χ3v) is 5.53. The first-order valence-electron chi connectivity index (χ1n) is 8.66. The molecule has 1 atom stereocenters. The van der Waals surface area contributed by atoms with Gasteiger partial charge in [0.1, 0.15) is 0 Å². The number of aromatic nitrogens is 2. The Bertz CT molecular complexity index is 502. The van der Waals surface area contributed by atoms with Crippen LogP contribution in [0.15, 0.2) is 6.20 Å². The monoisotopic (exact) mass is 323 g/mol. The van der Waals surface area contributed by atoms with Crippen LogP contribution in [0, 0.1) is 5.92 Å². The lowest BCUT2D eigenvalue weighted by atomic mass is 9.87. The van der Waals surface area contributed by atoms with Crippen LogP contribution >= 0.6 is 11.6 Å². The second kappa shape index (κ2) is 7.03. The largest absolute Gasteiger partial charge is 0.334 e. The predicted octanol–water partition coefficient (Wildman–Crippen LogP) is 4.10. The Kier molecular flexibility index (Phi) is 5.07. The van der Waals surface area contributed by atoms with Gasteiger partial charge in [0.15, 0.2) is 0 Å². The lowest BCUT2D eigenvalue weighted by molar-refractivity contribution is -0.139. The van der Waals surface area contributed by atoms with Crippen LogP contribution in [0.1, 0.15) is 69.5 Å². The van der Waals surface area contributed by atoms with Crippen LogP contribution in [0.2, 0.25) is 5.02 Å². The van der Waals surface area contributed by atoms with E-state index in [1.165, 1.54) is 25.7 Å². The van der Waals surface area contributed by atoms with Crippen molar-refractivity contribution in [3.05, 3.63) is 16.9 Å². The molecule has 1 aromatic heterocycles. The molecule has 2 aliphatic rings. The summed E-state index contributed by atoms with van der Waals surface area (Å²) in [6.07, 6.45) is 11.9. The summed E-state index contributed by atoms with van der Waals surface area (Å²) in [6, 6.07) is 0.0944. The number of hydrogen-bond acceptors (Lipinski definition) is 2. The number of halogens is 1. The number of aryl methyl sites for hydroxylation is 1. The second-order valence-corrected chi connectivity index (χ2v) is 7.14. The van der Waals surface area contributed by atoms with Crippen molar-refractivity contribution >= 4 is 17.5 Å². The van der Waals surface area contributed by atoms with Crippen LogP contribution in [-0.4, -0.2) is 27.1 Å². The van der Waals surface area contributed by atoms with E-state index in [1.807, 2.05) is 11.7 Å². The molecule has 0 radical (unpaired) electrons. The van der Waals surface area contributed by atoms with Gasteiger partial charge in [-0.1, -0.05) is 43.7 Å². The van der Waals surface area contributed by atoms with E-state index < -0.39 is 0 Å². The van der Waals surface area contributed by atoms with Crippen LogP contribution in [0.4, 0.5) is 0 Å². The summed E-state index contributed by atoms with van der Waals surface area (Å²) >= 11 is 6.37. The Morgan fingerprint density at radius 2 is 1.82 bits per heavy atom. The van der Waals surface area contributed by atoms with Gasteiger partial charge in [0.2, 0.25) is 5.91 Å². The molecule has 0 N–H and O–H groups in total. The Balaban J connectivity index is 1.86. The molecule has 1 unspecified atom stereocenters. The molecule has 5 heteroatoms. The van der Waals surface area contributed by atoms with Gasteiger partial charge in [-0.3, -0.25) is 9.48 Å². The maximum atomic E-state index is 13.1. The minimum absolute atomic E-state index is 0.0944. The molecule has 1 aliphatic heterocycles. The van der Waals surface area contributed by atoms with E-state index in [2.05, 4.69) is 10.00 Å². The fourth-order valence-corrected chi connectivity index (χ4v) is 4.33. The van der Waals surface area contributed by atoms with Gasteiger partial charge < -0.3 is 4.90 Å². The summed E-state index contributed by atoms with van der Waals surface area (Å²) in [6.45, 7) is 0.863. The summed E-state index contributed by atoms with van der Waals surface area (Å²) in [5.74, 6) is 0.574. The molecule has 1 saturated carbocycles. The fourth-order valence-electron chi connectivity index (χ4n) is 4.04. The van der Waals surface area contributed by atoms with Crippen molar-refractivity contribution in [2.24, 2.45) is 13.0 Å². The van der Waals surface area contributed by atoms with Gasteiger partial charge in [-0.25, -0.2) is 0 Å². The van der Waals surface area contributed by atoms with Crippen molar-refractivity contribution in [2.75, 3.05) is 6.54 Å². The number of nitrogens with zero attached hydrogens (tertiary/aromatic N) is 3. The highest BCUT2D eigenvalue weighted by atomic mass is 35.5. The van der Waals surface area contributed by atoms with Gasteiger partial charge in [-0.15, -0.1) is 0 Å². The lowest BCUT2D eigenvalue weighted by Gasteiger charge is -2.34. The molecule has 1 aliphatic carbocycles. The molecule has 22 heavy (non-hydrogen) atoms. The van der Waals surface area contributed by atoms with E-state index in [0.29, 0.717) is 10.9 Å². The number of likely N-dealkylation sites (tertiary alicyclic amines) is 1. The molecule has 1 aromatic rings. The first-order chi connectivity index (χ1) is 10.7. The third-order valence-electron chi connectivity index (χ3n) is 5.24. The van der Waals surface area contributed by atoms with Crippen LogP contribution < -0.4 is 0 Å². The maximum Gasteiger partial charge on any atom is 0.226 e. The molecular weight excluding hydrogens is 298 g/mol. The molecule has 1 saturated heterocycles. The molecular formula is C17H26ClN3O. The average molecular weight is 324 g/mol. The number of amides is 1. The SMILES string of the molecule is Cn1ncc(Cl)c1C1CCCCCN1C(=O)C1CCCCC1. The van der Waals surface area contributed by atoms with E-state index in [4.69, 9.17) is 11.6 Å². The molecule has 1 amide bonds. The average Bonchev–Trinajstić information content (AvgIpc) is 2.75. The zero-order chi connectivity index (χ0) is 15.5. The predicted molar refractivity (Wildman–Crippen MR) is 87.7 cm³/mol. The number of hydrogen-bond donors (Lipinski definition) is 0. The molecule has 3 rings (SSSR count). The molecule has 4 nitrogen and oxygen atoms in total. The number of carbonyl (C=O) groups excluding carboxylic acids is 1. The maximum absolute atomic E-state index is 13.1. The van der Waals surface area contributed by atoms with E-state index in [9.17, 15) is 4.79 Å². The van der Waals surface area contributed by atoms with Gasteiger partial charge in [0, 0.05) is 19.5 Å². The molecule has 2 fully saturated rings. The molecule has 0 spiro atoms. The van der Waals surface area contributed by atoms with Gasteiger partial charge in [0.05, 0.1) is 23.0 Å². The zero-order valence-corrected chi connectivity index (χ0v) is 14.2. The standard InChI is InChI=1S/C17H26ClN3O/c1-20-16(14(18)12-19-20)15-10-6-3-7-11-21(15)17(22)13-8-4-2-5-9-13/h12-13,15H,2-11H2,1H3. The first kappa shape index (κ1) is 15.9. The van der Waals surface area contributed by atoms with Crippen LogP contribution in [0.3, 0.4) is 0 Å². The van der Waals surface area contributed by atoms with Crippen molar-refractivity contribution in [3.63, 3.8) is 0 Å².